The number of carbonyl (C=O) groups is 2. The number of rotatable bonds is 9. The minimum Gasteiger partial charge on any atom is -0.508 e. The number of hydrogen-bond donors (Lipinski definition) is 2. The summed E-state index contributed by atoms with van der Waals surface area (Å²) in [5.74, 6) is -0.567. The minimum atomic E-state index is -0.379. The lowest BCUT2D eigenvalue weighted by molar-refractivity contribution is -0.156. The highest BCUT2D eigenvalue weighted by atomic mass is 32.2. The van der Waals surface area contributed by atoms with Gasteiger partial charge in [0.25, 0.3) is 0 Å². The zero-order valence-corrected chi connectivity index (χ0v) is 17.8. The molecule has 6 heteroatoms. The Balaban J connectivity index is 1.90. The smallest absolute Gasteiger partial charge is 0.306 e. The van der Waals surface area contributed by atoms with Crippen LogP contribution in [0.5, 0.6) is 11.5 Å². The third-order valence-electron chi connectivity index (χ3n) is 5.37. The van der Waals surface area contributed by atoms with Gasteiger partial charge in [0.05, 0.1) is 16.1 Å². The topological polar surface area (TPSA) is 83.8 Å². The molecule has 2 N–H and O–H groups in total. The third-order valence-corrected chi connectivity index (χ3v) is 6.92. The molecule has 1 fully saturated rings. The van der Waals surface area contributed by atoms with Crippen LogP contribution in [0.4, 0.5) is 0 Å². The van der Waals surface area contributed by atoms with E-state index in [1.165, 1.54) is 36.7 Å². The summed E-state index contributed by atoms with van der Waals surface area (Å²) < 4.78 is 5.64. The largest absolute Gasteiger partial charge is 0.508 e. The van der Waals surface area contributed by atoms with Gasteiger partial charge in [0.2, 0.25) is 0 Å². The molecule has 1 aromatic rings. The molecule has 0 saturated heterocycles. The average Bonchev–Trinajstić information content (AvgIpc) is 2.64. The monoisotopic (exact) mass is 408 g/mol. The van der Waals surface area contributed by atoms with Crippen molar-refractivity contribution < 1.29 is 24.5 Å². The van der Waals surface area contributed by atoms with Crippen molar-refractivity contribution in [3.63, 3.8) is 0 Å². The molecule has 0 heterocycles. The fourth-order valence-corrected chi connectivity index (χ4v) is 4.86. The van der Waals surface area contributed by atoms with Gasteiger partial charge in [-0.3, -0.25) is 9.59 Å². The maximum atomic E-state index is 12.9. The van der Waals surface area contributed by atoms with Gasteiger partial charge < -0.3 is 14.9 Å². The first kappa shape index (κ1) is 22.6. The molecule has 0 amide bonds. The number of ether oxygens (including phenoxy) is 1. The molecule has 4 unspecified atom stereocenters. The molecule has 1 saturated carbocycles. The van der Waals surface area contributed by atoms with E-state index in [4.69, 9.17) is 4.74 Å². The van der Waals surface area contributed by atoms with Crippen molar-refractivity contribution in [2.24, 2.45) is 11.8 Å². The van der Waals surface area contributed by atoms with E-state index in [2.05, 4.69) is 6.92 Å². The SMILES string of the molecule is CCCCCCCC(=O)OC1CC(C)C(Sc2ccc(O)cc2O)C(=O)C1C. The van der Waals surface area contributed by atoms with Crippen LogP contribution in [-0.2, 0) is 14.3 Å². The lowest BCUT2D eigenvalue weighted by Crippen LogP contribution is -2.45. The van der Waals surface area contributed by atoms with Crippen LogP contribution < -0.4 is 0 Å². The zero-order valence-electron chi connectivity index (χ0n) is 17.0. The van der Waals surface area contributed by atoms with Crippen molar-refractivity contribution in [2.45, 2.75) is 82.0 Å². The molecular formula is C22H32O5S. The summed E-state index contributed by atoms with van der Waals surface area (Å²) in [6, 6.07) is 4.38. The third kappa shape index (κ3) is 6.16. The van der Waals surface area contributed by atoms with Gasteiger partial charge in [-0.1, -0.05) is 46.5 Å². The van der Waals surface area contributed by atoms with Gasteiger partial charge in [-0.15, -0.1) is 11.8 Å². The van der Waals surface area contributed by atoms with Gasteiger partial charge in [-0.25, -0.2) is 0 Å². The highest BCUT2D eigenvalue weighted by Gasteiger charge is 2.42. The van der Waals surface area contributed by atoms with Gasteiger partial charge in [-0.05, 0) is 30.9 Å². The van der Waals surface area contributed by atoms with Crippen LogP contribution in [-0.4, -0.2) is 33.3 Å². The summed E-state index contributed by atoms with van der Waals surface area (Å²) in [6.45, 7) is 5.95. The summed E-state index contributed by atoms with van der Waals surface area (Å²) in [5.41, 5.74) is 0. The van der Waals surface area contributed by atoms with E-state index in [0.29, 0.717) is 17.7 Å². The van der Waals surface area contributed by atoms with E-state index < -0.39 is 0 Å². The predicted octanol–water partition coefficient (Wildman–Crippen LogP) is 5.08. The number of aromatic hydroxyl groups is 2. The van der Waals surface area contributed by atoms with E-state index in [0.717, 1.165) is 19.3 Å². The maximum Gasteiger partial charge on any atom is 0.306 e. The Kier molecular flexibility index (Phi) is 8.67. The van der Waals surface area contributed by atoms with Crippen LogP contribution in [0.2, 0.25) is 0 Å². The first-order valence-corrected chi connectivity index (χ1v) is 11.1. The molecule has 0 aliphatic heterocycles. The van der Waals surface area contributed by atoms with Crippen molar-refractivity contribution in [3.05, 3.63) is 18.2 Å². The first-order valence-electron chi connectivity index (χ1n) is 10.2. The van der Waals surface area contributed by atoms with Crippen LogP contribution in [0, 0.1) is 11.8 Å². The normalized spacial score (nSPS) is 24.9. The molecule has 1 aliphatic rings. The summed E-state index contributed by atoms with van der Waals surface area (Å²) in [7, 11) is 0. The van der Waals surface area contributed by atoms with Gasteiger partial charge >= 0.3 is 5.97 Å². The van der Waals surface area contributed by atoms with Crippen LogP contribution >= 0.6 is 11.8 Å². The molecular weight excluding hydrogens is 376 g/mol. The number of hydrogen-bond acceptors (Lipinski definition) is 6. The lowest BCUT2D eigenvalue weighted by atomic mass is 9.80. The number of ketones is 1. The zero-order chi connectivity index (χ0) is 20.7. The van der Waals surface area contributed by atoms with Crippen molar-refractivity contribution >= 4 is 23.5 Å². The molecule has 0 bridgehead atoms. The number of phenols is 2. The van der Waals surface area contributed by atoms with Gasteiger partial charge in [0, 0.05) is 12.5 Å². The number of unbranched alkanes of at least 4 members (excludes halogenated alkanes) is 4. The average molecular weight is 409 g/mol. The van der Waals surface area contributed by atoms with E-state index in [1.54, 1.807) is 6.07 Å². The molecule has 1 aromatic carbocycles. The number of Topliss-reactive ketones (excluding diaryl/α,β-unsaturated/α-hetero) is 1. The first-order chi connectivity index (χ1) is 13.3. The number of benzene rings is 1. The van der Waals surface area contributed by atoms with Crippen LogP contribution in [0.3, 0.4) is 0 Å². The Labute approximate surface area is 171 Å². The Morgan fingerprint density at radius 2 is 1.89 bits per heavy atom. The van der Waals surface area contributed by atoms with Crippen molar-refractivity contribution in [2.75, 3.05) is 0 Å². The fourth-order valence-electron chi connectivity index (χ4n) is 3.58. The van der Waals surface area contributed by atoms with Gasteiger partial charge in [-0.2, -0.15) is 0 Å². The molecule has 2 rings (SSSR count). The minimum absolute atomic E-state index is 0.0140. The summed E-state index contributed by atoms with van der Waals surface area (Å²) >= 11 is 1.31. The van der Waals surface area contributed by atoms with Crippen LogP contribution in [0.1, 0.15) is 65.7 Å². The van der Waals surface area contributed by atoms with Crippen molar-refractivity contribution in [1.29, 1.82) is 0 Å². The van der Waals surface area contributed by atoms with Gasteiger partial charge in [0.15, 0.2) is 5.78 Å². The molecule has 28 heavy (non-hydrogen) atoms. The predicted molar refractivity (Wildman–Crippen MR) is 111 cm³/mol. The Morgan fingerprint density at radius 1 is 1.18 bits per heavy atom. The van der Waals surface area contributed by atoms with E-state index in [-0.39, 0.29) is 46.4 Å². The number of thioether (sulfide) groups is 1. The Hall–Kier alpha value is -1.69. The van der Waals surface area contributed by atoms with E-state index in [9.17, 15) is 19.8 Å². The summed E-state index contributed by atoms with van der Waals surface area (Å²) in [4.78, 5) is 25.6. The van der Waals surface area contributed by atoms with Crippen molar-refractivity contribution in [3.8, 4) is 11.5 Å². The molecule has 4 atom stereocenters. The molecule has 0 spiro atoms. The fraction of sp³-hybridized carbons (Fsp3) is 0.636. The van der Waals surface area contributed by atoms with Crippen LogP contribution in [0.15, 0.2) is 23.1 Å². The number of phenolic OH excluding ortho intramolecular Hbond substituents is 2. The standard InChI is InChI=1S/C22H32O5S/c1-4-5-6-7-8-9-20(25)27-18-12-14(2)22(21(26)15(18)3)28-19-11-10-16(23)13-17(19)24/h10-11,13-15,18,22-24H,4-9,12H2,1-3H3. The highest BCUT2D eigenvalue weighted by Crippen LogP contribution is 2.42. The number of esters is 1. The number of carbonyl (C=O) groups excluding carboxylic acids is 2. The molecule has 1 aliphatic carbocycles. The molecule has 5 nitrogen and oxygen atoms in total. The van der Waals surface area contributed by atoms with E-state index >= 15 is 0 Å². The summed E-state index contributed by atoms with van der Waals surface area (Å²) in [5, 5.41) is 19.1. The Bertz CT molecular complexity index is 675. The quantitative estimate of drug-likeness (QED) is 0.438. The lowest BCUT2D eigenvalue weighted by Gasteiger charge is -2.36. The molecule has 0 aromatic heterocycles. The van der Waals surface area contributed by atoms with Crippen molar-refractivity contribution in [1.82, 2.24) is 0 Å². The van der Waals surface area contributed by atoms with Gasteiger partial charge in [0.1, 0.15) is 17.6 Å². The van der Waals surface area contributed by atoms with E-state index in [1.807, 2.05) is 13.8 Å². The second-order valence-electron chi connectivity index (χ2n) is 7.79. The maximum absolute atomic E-state index is 12.9. The highest BCUT2D eigenvalue weighted by molar-refractivity contribution is 8.00. The van der Waals surface area contributed by atoms with Crippen LogP contribution in [0.25, 0.3) is 0 Å². The second kappa shape index (κ2) is 10.7. The molecule has 0 radical (unpaired) electrons. The second-order valence-corrected chi connectivity index (χ2v) is 8.97. The summed E-state index contributed by atoms with van der Waals surface area (Å²) in [6.07, 6.45) is 6.04. The molecule has 156 valence electrons. The Morgan fingerprint density at radius 3 is 2.57 bits per heavy atom.